The summed E-state index contributed by atoms with van der Waals surface area (Å²) >= 11 is 0. The summed E-state index contributed by atoms with van der Waals surface area (Å²) in [6.07, 6.45) is 3.89. The van der Waals surface area contributed by atoms with Gasteiger partial charge in [-0.2, -0.15) is 0 Å². The third-order valence-electron chi connectivity index (χ3n) is 7.14. The van der Waals surface area contributed by atoms with Crippen molar-refractivity contribution in [3.05, 3.63) is 111 Å². The number of halogens is 4. The molecule has 1 fully saturated rings. The third-order valence-corrected chi connectivity index (χ3v) is 7.14. The molecule has 0 radical (unpaired) electrons. The summed E-state index contributed by atoms with van der Waals surface area (Å²) in [6, 6.07) is 12.8. The minimum absolute atomic E-state index is 0. The average molecular weight is 544 g/mol. The van der Waals surface area contributed by atoms with Crippen LogP contribution in [0, 0.1) is 17.5 Å². The molecule has 5 rings (SSSR count). The number of allylic oxidation sites excluding steroid dienone is 1. The maximum Gasteiger partial charge on any atom is 1.00 e. The van der Waals surface area contributed by atoms with Gasteiger partial charge in [0.2, 0.25) is 0 Å². The maximum atomic E-state index is 15.8. The summed E-state index contributed by atoms with van der Waals surface area (Å²) < 4.78 is 56.8. The molecule has 0 N–H and O–H groups in total. The van der Waals surface area contributed by atoms with Crippen LogP contribution in [-0.4, -0.2) is 37.2 Å². The van der Waals surface area contributed by atoms with Crippen LogP contribution in [0.2, 0.25) is 0 Å². The summed E-state index contributed by atoms with van der Waals surface area (Å²) in [5, 5.41) is 11.5. The van der Waals surface area contributed by atoms with Gasteiger partial charge in [-0.25, -0.2) is 13.2 Å². The standard InChI is InChI=1S/C31H27F4NO2.Na/c32-11-2-12-36-17-20(18-36)13-19-5-8-27(28(34)14-19)30-24-9-6-22(31(37)38)15-21(24)3-1-4-26(30)25-10-7-23(33)16-29(25)35;/h5-10,13-16H,1-4,11-12,17-18H2,(H,37,38);/q;+1/p-1. The number of aromatic carboxylic acids is 1. The van der Waals surface area contributed by atoms with E-state index in [1.165, 1.54) is 30.3 Å². The van der Waals surface area contributed by atoms with Crippen LogP contribution in [0.1, 0.15) is 57.4 Å². The average Bonchev–Trinajstić information content (AvgIpc) is 3.04. The van der Waals surface area contributed by atoms with Crippen LogP contribution in [0.15, 0.2) is 60.2 Å². The van der Waals surface area contributed by atoms with Crippen molar-refractivity contribution in [1.82, 2.24) is 4.90 Å². The number of likely N-dealkylation sites (tertiary alicyclic amines) is 1. The first-order valence-corrected chi connectivity index (χ1v) is 12.6. The molecule has 0 unspecified atom stereocenters. The summed E-state index contributed by atoms with van der Waals surface area (Å²) in [4.78, 5) is 13.6. The molecule has 1 saturated heterocycles. The van der Waals surface area contributed by atoms with Crippen LogP contribution >= 0.6 is 0 Å². The van der Waals surface area contributed by atoms with Crippen molar-refractivity contribution in [2.45, 2.75) is 25.7 Å². The molecule has 0 amide bonds. The molecule has 1 aliphatic heterocycles. The van der Waals surface area contributed by atoms with Crippen LogP contribution in [-0.2, 0) is 6.42 Å². The van der Waals surface area contributed by atoms with Gasteiger partial charge in [-0.1, -0.05) is 30.3 Å². The van der Waals surface area contributed by atoms with Crippen molar-refractivity contribution < 1.29 is 57.0 Å². The smallest absolute Gasteiger partial charge is 0.545 e. The van der Waals surface area contributed by atoms with Gasteiger partial charge in [0.25, 0.3) is 0 Å². The molecule has 3 aromatic rings. The number of rotatable bonds is 7. The molecule has 0 aromatic heterocycles. The van der Waals surface area contributed by atoms with Gasteiger partial charge in [-0.15, -0.1) is 0 Å². The van der Waals surface area contributed by atoms with Crippen LogP contribution < -0.4 is 34.7 Å². The molecular weight excluding hydrogens is 517 g/mol. The summed E-state index contributed by atoms with van der Waals surface area (Å²) in [5.41, 5.74) is 4.58. The van der Waals surface area contributed by atoms with Crippen molar-refractivity contribution in [3.63, 3.8) is 0 Å². The van der Waals surface area contributed by atoms with E-state index in [2.05, 4.69) is 4.90 Å². The molecule has 196 valence electrons. The summed E-state index contributed by atoms with van der Waals surface area (Å²) in [7, 11) is 0. The van der Waals surface area contributed by atoms with E-state index in [1.807, 2.05) is 6.08 Å². The number of nitrogens with zero attached hydrogens (tertiary/aromatic N) is 1. The number of carboxylic acids is 1. The molecule has 0 atom stereocenters. The summed E-state index contributed by atoms with van der Waals surface area (Å²) in [6.45, 7) is 1.78. The molecule has 39 heavy (non-hydrogen) atoms. The molecule has 8 heteroatoms. The van der Waals surface area contributed by atoms with E-state index >= 15 is 4.39 Å². The summed E-state index contributed by atoms with van der Waals surface area (Å²) in [5.74, 6) is -3.25. The third kappa shape index (κ3) is 6.38. The molecule has 1 aliphatic carbocycles. The second kappa shape index (κ2) is 12.6. The van der Waals surface area contributed by atoms with Crippen LogP contribution in [0.25, 0.3) is 17.2 Å². The predicted octanol–water partition coefficient (Wildman–Crippen LogP) is 2.83. The molecule has 0 saturated carbocycles. The fraction of sp³-hybridized carbons (Fsp3) is 0.258. The van der Waals surface area contributed by atoms with Crippen LogP contribution in [0.5, 0.6) is 0 Å². The normalized spacial score (nSPS) is 15.2. The van der Waals surface area contributed by atoms with Gasteiger partial charge in [0.15, 0.2) is 0 Å². The van der Waals surface area contributed by atoms with Crippen LogP contribution in [0.4, 0.5) is 17.6 Å². The van der Waals surface area contributed by atoms with E-state index in [-0.39, 0.29) is 52.9 Å². The number of carbonyl (C=O) groups excluding carboxylic acids is 1. The van der Waals surface area contributed by atoms with Crippen molar-refractivity contribution in [2.75, 3.05) is 26.3 Å². The van der Waals surface area contributed by atoms with Crippen molar-refractivity contribution in [3.8, 4) is 0 Å². The molecule has 0 bridgehead atoms. The predicted molar refractivity (Wildman–Crippen MR) is 137 cm³/mol. The number of benzene rings is 3. The second-order valence-corrected chi connectivity index (χ2v) is 9.79. The number of carboxylic acid groups (broad SMARTS) is 1. The Morgan fingerprint density at radius 1 is 0.897 bits per heavy atom. The number of carbonyl (C=O) groups is 1. The number of hydrogen-bond donors (Lipinski definition) is 0. The van der Waals surface area contributed by atoms with Crippen molar-refractivity contribution in [1.29, 1.82) is 0 Å². The SMILES string of the molecule is O=C([O-])c1ccc2c(c1)CCCC(c1ccc(F)cc1F)=C2c1ccc(C=C2CN(CCCF)C2)cc1F.[Na+]. The van der Waals surface area contributed by atoms with E-state index < -0.39 is 23.4 Å². The van der Waals surface area contributed by atoms with Gasteiger partial charge < -0.3 is 9.90 Å². The first kappa shape index (κ1) is 29.3. The zero-order valence-corrected chi connectivity index (χ0v) is 23.7. The van der Waals surface area contributed by atoms with Crippen LogP contribution in [0.3, 0.4) is 0 Å². The Bertz CT molecular complexity index is 1460. The zero-order valence-electron chi connectivity index (χ0n) is 21.7. The minimum atomic E-state index is -1.31. The molecule has 1 heterocycles. The van der Waals surface area contributed by atoms with Gasteiger partial charge in [0.1, 0.15) is 17.5 Å². The molecular formula is C31H26F4NNaO2. The Labute approximate surface area is 247 Å². The van der Waals surface area contributed by atoms with E-state index in [4.69, 9.17) is 0 Å². The fourth-order valence-electron chi connectivity index (χ4n) is 5.35. The van der Waals surface area contributed by atoms with E-state index in [0.717, 1.165) is 24.7 Å². The van der Waals surface area contributed by atoms with E-state index in [1.54, 1.807) is 18.2 Å². The Hall–Kier alpha value is -2.71. The Balaban J connectivity index is 0.00000353. The van der Waals surface area contributed by atoms with Gasteiger partial charge in [0.05, 0.1) is 12.6 Å². The van der Waals surface area contributed by atoms with Gasteiger partial charge >= 0.3 is 29.6 Å². The Morgan fingerprint density at radius 3 is 2.31 bits per heavy atom. The van der Waals surface area contributed by atoms with Gasteiger partial charge in [-0.05, 0) is 88.9 Å². The number of alkyl halides is 1. The Kier molecular flexibility index (Phi) is 9.49. The first-order chi connectivity index (χ1) is 18.3. The van der Waals surface area contributed by atoms with Gasteiger partial charge in [-0.3, -0.25) is 9.29 Å². The zero-order chi connectivity index (χ0) is 26.8. The molecule has 3 aromatic carbocycles. The largest absolute Gasteiger partial charge is 1.00 e. The molecule has 0 spiro atoms. The second-order valence-electron chi connectivity index (χ2n) is 9.79. The molecule has 3 nitrogen and oxygen atoms in total. The number of fused-ring (bicyclic) bond motifs is 1. The first-order valence-electron chi connectivity index (χ1n) is 12.6. The molecule has 2 aliphatic rings. The van der Waals surface area contributed by atoms with Gasteiger partial charge in [0, 0.05) is 36.8 Å². The van der Waals surface area contributed by atoms with Crippen molar-refractivity contribution in [2.24, 2.45) is 0 Å². The minimum Gasteiger partial charge on any atom is -0.545 e. The Morgan fingerprint density at radius 2 is 1.62 bits per heavy atom. The number of hydrogen-bond acceptors (Lipinski definition) is 3. The van der Waals surface area contributed by atoms with Crippen molar-refractivity contribution >= 4 is 23.2 Å². The fourth-order valence-corrected chi connectivity index (χ4v) is 5.35. The van der Waals surface area contributed by atoms with E-state index in [0.29, 0.717) is 60.1 Å². The topological polar surface area (TPSA) is 43.4 Å². The number of aryl methyl sites for hydroxylation is 1. The quantitative estimate of drug-likeness (QED) is 0.340. The monoisotopic (exact) mass is 543 g/mol. The van der Waals surface area contributed by atoms with E-state index in [9.17, 15) is 23.1 Å². The maximum absolute atomic E-state index is 15.8.